The molecule has 4 aromatic carbocycles. The zero-order valence-electron chi connectivity index (χ0n) is 36.0. The standard InChI is InChI=1S/C50H57F11O2/c1-3-16-34(17-12-8-4-6-10-14-23-62-37-29-43(53)39(44(54)30-37)21-19-35-25-41(51)33(2)42(52)26-35)18-13-9-5-7-11-15-24-63-38-31-45(55)40(46(56)32-38)22-20-36-27-47(57)49(48(58)28-36)50(59,60)61/h16,25-32H,3-15,17-24H2,1-2H3/b34-16+. The van der Waals surface area contributed by atoms with Crippen LogP contribution in [0.5, 0.6) is 11.5 Å². The van der Waals surface area contributed by atoms with Gasteiger partial charge in [-0.2, -0.15) is 13.2 Å². The van der Waals surface area contributed by atoms with Crippen molar-refractivity contribution in [2.75, 3.05) is 13.2 Å². The summed E-state index contributed by atoms with van der Waals surface area (Å²) in [5, 5.41) is 0. The molecule has 0 bridgehead atoms. The Kier molecular flexibility index (Phi) is 20.8. The average molecular weight is 899 g/mol. The number of aryl methyl sites for hydroxylation is 2. The molecule has 2 nitrogen and oxygen atoms in total. The van der Waals surface area contributed by atoms with Gasteiger partial charge in [0.2, 0.25) is 0 Å². The fourth-order valence-electron chi connectivity index (χ4n) is 7.55. The zero-order valence-corrected chi connectivity index (χ0v) is 36.0. The van der Waals surface area contributed by atoms with Crippen molar-refractivity contribution in [3.05, 3.63) is 140 Å². The Morgan fingerprint density at radius 3 is 1.17 bits per heavy atom. The van der Waals surface area contributed by atoms with Gasteiger partial charge in [-0.3, -0.25) is 0 Å². The third-order valence-corrected chi connectivity index (χ3v) is 11.1. The molecule has 13 heteroatoms. The van der Waals surface area contributed by atoms with Gasteiger partial charge in [0.1, 0.15) is 63.6 Å². The molecular weight excluding hydrogens is 842 g/mol. The van der Waals surface area contributed by atoms with Gasteiger partial charge in [-0.25, -0.2) is 35.1 Å². The Bertz CT molecular complexity index is 2000. The lowest BCUT2D eigenvalue weighted by molar-refractivity contribution is -0.142. The van der Waals surface area contributed by atoms with Crippen LogP contribution in [0, 0.1) is 53.5 Å². The predicted octanol–water partition coefficient (Wildman–Crippen LogP) is 16.0. The van der Waals surface area contributed by atoms with E-state index >= 15 is 0 Å². The summed E-state index contributed by atoms with van der Waals surface area (Å²) < 4.78 is 164. The Morgan fingerprint density at radius 1 is 0.460 bits per heavy atom. The monoisotopic (exact) mass is 898 g/mol. The van der Waals surface area contributed by atoms with Gasteiger partial charge in [0.15, 0.2) is 0 Å². The molecule has 0 aliphatic heterocycles. The lowest BCUT2D eigenvalue weighted by Gasteiger charge is -2.12. The molecule has 0 amide bonds. The van der Waals surface area contributed by atoms with E-state index in [9.17, 15) is 48.3 Å². The van der Waals surface area contributed by atoms with Crippen molar-refractivity contribution < 1.29 is 57.8 Å². The summed E-state index contributed by atoms with van der Waals surface area (Å²) in [6.45, 7) is 4.07. The summed E-state index contributed by atoms with van der Waals surface area (Å²) in [6, 6.07) is 7.76. The third-order valence-electron chi connectivity index (χ3n) is 11.1. The van der Waals surface area contributed by atoms with E-state index in [-0.39, 0.29) is 66.0 Å². The van der Waals surface area contributed by atoms with Crippen molar-refractivity contribution in [3.63, 3.8) is 0 Å². The lowest BCUT2D eigenvalue weighted by atomic mass is 9.98. The molecular formula is C50H57F11O2. The maximum atomic E-state index is 14.7. The van der Waals surface area contributed by atoms with Crippen LogP contribution in [-0.4, -0.2) is 13.2 Å². The molecule has 0 atom stereocenters. The Labute approximate surface area is 363 Å². The van der Waals surface area contributed by atoms with Crippen LogP contribution >= 0.6 is 0 Å². The van der Waals surface area contributed by atoms with Crippen LogP contribution in [0.1, 0.15) is 137 Å². The van der Waals surface area contributed by atoms with Crippen LogP contribution in [0.25, 0.3) is 0 Å². The highest BCUT2D eigenvalue weighted by Gasteiger charge is 2.38. The number of hydrogen-bond acceptors (Lipinski definition) is 2. The van der Waals surface area contributed by atoms with Crippen LogP contribution in [0.2, 0.25) is 0 Å². The molecule has 0 aliphatic rings. The molecule has 4 rings (SSSR count). The van der Waals surface area contributed by atoms with Gasteiger partial charge in [0, 0.05) is 41.0 Å². The second kappa shape index (κ2) is 25.7. The molecule has 0 heterocycles. The first-order valence-corrected chi connectivity index (χ1v) is 22.0. The molecule has 346 valence electrons. The van der Waals surface area contributed by atoms with E-state index in [4.69, 9.17) is 9.47 Å². The predicted molar refractivity (Wildman–Crippen MR) is 224 cm³/mol. The number of hydrogen-bond donors (Lipinski definition) is 0. The van der Waals surface area contributed by atoms with Crippen molar-refractivity contribution in [2.24, 2.45) is 0 Å². The summed E-state index contributed by atoms with van der Waals surface area (Å²) in [7, 11) is 0. The summed E-state index contributed by atoms with van der Waals surface area (Å²) in [5.74, 6) is -8.16. The molecule has 0 saturated carbocycles. The van der Waals surface area contributed by atoms with Crippen molar-refractivity contribution in [2.45, 2.75) is 142 Å². The van der Waals surface area contributed by atoms with E-state index in [2.05, 4.69) is 13.0 Å². The van der Waals surface area contributed by atoms with Gasteiger partial charge in [0.05, 0.1) is 13.2 Å². The number of ether oxygens (including phenoxy) is 2. The number of benzene rings is 4. The number of unbranched alkanes of at least 4 members (excludes halogenated alkanes) is 10. The molecule has 0 aromatic heterocycles. The maximum absolute atomic E-state index is 14.7. The minimum atomic E-state index is -5.21. The van der Waals surface area contributed by atoms with Crippen LogP contribution in [-0.2, 0) is 31.9 Å². The zero-order chi connectivity index (χ0) is 45.9. The largest absolute Gasteiger partial charge is 0.493 e. The highest BCUT2D eigenvalue weighted by molar-refractivity contribution is 5.34. The maximum Gasteiger partial charge on any atom is 0.422 e. The van der Waals surface area contributed by atoms with Crippen LogP contribution in [0.15, 0.2) is 60.2 Å². The van der Waals surface area contributed by atoms with E-state index < -0.39 is 58.3 Å². The van der Waals surface area contributed by atoms with Gasteiger partial charge in [-0.15, -0.1) is 0 Å². The van der Waals surface area contributed by atoms with E-state index in [0.717, 1.165) is 114 Å². The number of alkyl halides is 3. The summed E-state index contributed by atoms with van der Waals surface area (Å²) in [6.07, 6.45) is 11.6. The van der Waals surface area contributed by atoms with Crippen molar-refractivity contribution >= 4 is 0 Å². The first-order chi connectivity index (χ1) is 30.1. The highest BCUT2D eigenvalue weighted by Crippen LogP contribution is 2.34. The minimum absolute atomic E-state index is 0.00587. The topological polar surface area (TPSA) is 18.5 Å². The van der Waals surface area contributed by atoms with Gasteiger partial charge in [-0.1, -0.05) is 69.9 Å². The lowest BCUT2D eigenvalue weighted by Crippen LogP contribution is -2.12. The average Bonchev–Trinajstić information content (AvgIpc) is 3.20. The molecule has 4 aromatic rings. The quantitative estimate of drug-likeness (QED) is 0.0337. The number of allylic oxidation sites excluding steroid dienone is 2. The molecule has 0 unspecified atom stereocenters. The molecule has 0 spiro atoms. The molecule has 0 saturated heterocycles. The van der Waals surface area contributed by atoms with Gasteiger partial charge >= 0.3 is 6.18 Å². The molecule has 0 fully saturated rings. The SMILES string of the molecule is CC/C=C(\CCCCCCCCOc1cc(F)c(CCc2cc(F)c(C)c(F)c2)c(F)c1)CCCCCCCCOc1cc(F)c(CCc2cc(F)c(C(F)(F)F)c(F)c2)c(F)c1. The van der Waals surface area contributed by atoms with Crippen LogP contribution in [0.4, 0.5) is 48.3 Å². The molecule has 63 heavy (non-hydrogen) atoms. The van der Waals surface area contributed by atoms with Crippen molar-refractivity contribution in [1.29, 1.82) is 0 Å². The summed E-state index contributed by atoms with van der Waals surface area (Å²) >= 11 is 0. The Morgan fingerprint density at radius 2 is 0.810 bits per heavy atom. The minimum Gasteiger partial charge on any atom is -0.493 e. The van der Waals surface area contributed by atoms with E-state index in [1.165, 1.54) is 24.6 Å². The number of halogens is 11. The first-order valence-electron chi connectivity index (χ1n) is 22.0. The van der Waals surface area contributed by atoms with Gasteiger partial charge in [-0.05, 0) is 113 Å². The Hall–Kier alpha value is -4.55. The molecule has 0 aliphatic carbocycles. The third kappa shape index (κ3) is 16.8. The van der Waals surface area contributed by atoms with Crippen LogP contribution in [0.3, 0.4) is 0 Å². The second-order valence-corrected chi connectivity index (χ2v) is 16.1. The van der Waals surface area contributed by atoms with Crippen LogP contribution < -0.4 is 9.47 Å². The molecule has 0 N–H and O–H groups in total. The van der Waals surface area contributed by atoms with E-state index in [0.29, 0.717) is 30.7 Å². The van der Waals surface area contributed by atoms with Crippen molar-refractivity contribution in [1.82, 2.24) is 0 Å². The molecule has 0 radical (unpaired) electrons. The summed E-state index contributed by atoms with van der Waals surface area (Å²) in [4.78, 5) is 0. The van der Waals surface area contributed by atoms with Gasteiger partial charge < -0.3 is 9.47 Å². The van der Waals surface area contributed by atoms with Crippen molar-refractivity contribution in [3.8, 4) is 11.5 Å². The van der Waals surface area contributed by atoms with E-state index in [1.807, 2.05) is 0 Å². The first kappa shape index (κ1) is 51.1. The smallest absolute Gasteiger partial charge is 0.422 e. The number of rotatable bonds is 27. The highest BCUT2D eigenvalue weighted by atomic mass is 19.4. The summed E-state index contributed by atoms with van der Waals surface area (Å²) in [5.41, 5.74) is -0.952. The Balaban J connectivity index is 1.01. The second-order valence-electron chi connectivity index (χ2n) is 16.1. The normalized spacial score (nSPS) is 12.0. The fourth-order valence-corrected chi connectivity index (χ4v) is 7.55. The van der Waals surface area contributed by atoms with E-state index in [1.54, 1.807) is 0 Å². The fraction of sp³-hybridized carbons (Fsp3) is 0.480. The van der Waals surface area contributed by atoms with Gasteiger partial charge in [0.25, 0.3) is 0 Å².